The van der Waals surface area contributed by atoms with Crippen LogP contribution in [0.15, 0.2) is 227 Å². The van der Waals surface area contributed by atoms with E-state index in [-0.39, 0.29) is 0 Å². The Kier molecular flexibility index (Phi) is 7.64. The monoisotopic (exact) mass is 788 g/mol. The van der Waals surface area contributed by atoms with Gasteiger partial charge in [-0.2, -0.15) is 0 Å². The van der Waals surface area contributed by atoms with E-state index >= 15 is 0 Å². The van der Waals surface area contributed by atoms with Crippen LogP contribution in [0.2, 0.25) is 0 Å². The molecule has 0 aliphatic heterocycles. The molecule has 11 aromatic carbocycles. The molecule has 62 heavy (non-hydrogen) atoms. The molecule has 0 spiro atoms. The van der Waals surface area contributed by atoms with E-state index in [2.05, 4.69) is 194 Å². The van der Waals surface area contributed by atoms with Crippen LogP contribution in [0, 0.1) is 0 Å². The minimum Gasteiger partial charge on any atom is -0.456 e. The quantitative estimate of drug-likeness (QED) is 0.162. The second kappa shape index (κ2) is 13.7. The Labute approximate surface area is 357 Å². The minimum atomic E-state index is 0.898. The summed E-state index contributed by atoms with van der Waals surface area (Å²) < 4.78 is 12.5. The minimum absolute atomic E-state index is 0.898. The summed E-state index contributed by atoms with van der Waals surface area (Å²) in [5, 5.41) is 11.8. The Bertz CT molecular complexity index is 3900. The van der Waals surface area contributed by atoms with Crippen LogP contribution < -0.4 is 0 Å². The maximum atomic E-state index is 6.25. The van der Waals surface area contributed by atoms with Crippen LogP contribution in [0.5, 0.6) is 0 Å². The summed E-state index contributed by atoms with van der Waals surface area (Å²) in [5.74, 6) is 0. The summed E-state index contributed by atoms with van der Waals surface area (Å²) in [6.07, 6.45) is 0. The van der Waals surface area contributed by atoms with Gasteiger partial charge in [0.25, 0.3) is 0 Å². The molecule has 0 saturated carbocycles. The van der Waals surface area contributed by atoms with Gasteiger partial charge in [-0.05, 0) is 136 Å². The lowest BCUT2D eigenvalue weighted by Crippen LogP contribution is -1.93. The third-order valence-corrected chi connectivity index (χ3v) is 12.9. The van der Waals surface area contributed by atoms with Crippen LogP contribution in [-0.2, 0) is 0 Å². The first-order chi connectivity index (χ1) is 30.7. The molecular weight excluding hydrogens is 753 g/mol. The normalized spacial score (nSPS) is 11.9. The third kappa shape index (κ3) is 5.44. The van der Waals surface area contributed by atoms with Crippen molar-refractivity contribution in [3.8, 4) is 55.6 Å². The molecule has 0 amide bonds. The highest BCUT2D eigenvalue weighted by Crippen LogP contribution is 2.48. The van der Waals surface area contributed by atoms with Crippen molar-refractivity contribution in [3.05, 3.63) is 218 Å². The average Bonchev–Trinajstić information content (AvgIpc) is 3.91. The SMILES string of the molecule is c1ccc(-c2ccc(-c3c4cc(-c5ccc6oc7ccccc7c6c5)ccc4c(-c4cccc5ccccc45)c4cc(-c5ccc6oc7ccccc7c6c5)ccc34)cc2)cc1. The molecule has 0 saturated heterocycles. The van der Waals surface area contributed by atoms with Gasteiger partial charge >= 0.3 is 0 Å². The van der Waals surface area contributed by atoms with E-state index in [0.29, 0.717) is 0 Å². The number of fused-ring (bicyclic) bond motifs is 9. The van der Waals surface area contributed by atoms with Crippen molar-refractivity contribution in [1.29, 1.82) is 0 Å². The molecule has 0 radical (unpaired) electrons. The predicted molar refractivity (Wildman–Crippen MR) is 261 cm³/mol. The molecule has 0 unspecified atom stereocenters. The van der Waals surface area contributed by atoms with Crippen molar-refractivity contribution in [1.82, 2.24) is 0 Å². The molecule has 0 aliphatic rings. The fraction of sp³-hybridized carbons (Fsp3) is 0. The van der Waals surface area contributed by atoms with Gasteiger partial charge in [0.1, 0.15) is 22.3 Å². The maximum Gasteiger partial charge on any atom is 0.135 e. The third-order valence-electron chi connectivity index (χ3n) is 12.9. The molecule has 2 nitrogen and oxygen atoms in total. The zero-order valence-corrected chi connectivity index (χ0v) is 33.6. The fourth-order valence-corrected chi connectivity index (χ4v) is 9.90. The summed E-state index contributed by atoms with van der Waals surface area (Å²) in [6, 6.07) is 79.2. The number of furan rings is 2. The van der Waals surface area contributed by atoms with Gasteiger partial charge in [0.05, 0.1) is 0 Å². The highest BCUT2D eigenvalue weighted by molar-refractivity contribution is 6.25. The van der Waals surface area contributed by atoms with Crippen LogP contribution in [0.3, 0.4) is 0 Å². The lowest BCUT2D eigenvalue weighted by Gasteiger charge is -2.21. The number of hydrogen-bond acceptors (Lipinski definition) is 2. The Balaban J connectivity index is 1.11. The molecule has 288 valence electrons. The molecule has 0 atom stereocenters. The van der Waals surface area contributed by atoms with Crippen LogP contribution in [0.4, 0.5) is 0 Å². The van der Waals surface area contributed by atoms with E-state index in [1.807, 2.05) is 24.3 Å². The Morgan fingerprint density at radius 2 is 0.629 bits per heavy atom. The second-order valence-corrected chi connectivity index (χ2v) is 16.4. The maximum absolute atomic E-state index is 6.25. The summed E-state index contributed by atoms with van der Waals surface area (Å²) in [5.41, 5.74) is 15.5. The van der Waals surface area contributed by atoms with E-state index in [1.54, 1.807) is 0 Å². The lowest BCUT2D eigenvalue weighted by molar-refractivity contribution is 0.668. The number of hydrogen-bond donors (Lipinski definition) is 0. The molecule has 2 heterocycles. The van der Waals surface area contributed by atoms with Gasteiger partial charge in [0.15, 0.2) is 0 Å². The van der Waals surface area contributed by atoms with Crippen molar-refractivity contribution < 1.29 is 8.83 Å². The Morgan fingerprint density at radius 1 is 0.210 bits per heavy atom. The molecule has 13 aromatic rings. The van der Waals surface area contributed by atoms with E-state index in [9.17, 15) is 0 Å². The van der Waals surface area contributed by atoms with E-state index in [0.717, 1.165) is 66.1 Å². The molecule has 0 aliphatic carbocycles. The zero-order valence-electron chi connectivity index (χ0n) is 33.6. The van der Waals surface area contributed by atoms with Gasteiger partial charge in [-0.15, -0.1) is 0 Å². The predicted octanol–water partition coefficient (Wildman–Crippen LogP) is 17.3. The molecule has 2 aromatic heterocycles. The van der Waals surface area contributed by atoms with Gasteiger partial charge in [-0.1, -0.05) is 170 Å². The molecular formula is C60H36O2. The van der Waals surface area contributed by atoms with Gasteiger partial charge in [-0.25, -0.2) is 0 Å². The van der Waals surface area contributed by atoms with E-state index in [4.69, 9.17) is 8.83 Å². The molecule has 0 N–H and O–H groups in total. The number of benzene rings is 11. The zero-order chi connectivity index (χ0) is 40.7. The van der Waals surface area contributed by atoms with Gasteiger partial charge < -0.3 is 8.83 Å². The first-order valence-corrected chi connectivity index (χ1v) is 21.2. The van der Waals surface area contributed by atoms with Gasteiger partial charge in [0, 0.05) is 21.5 Å². The van der Waals surface area contributed by atoms with Crippen LogP contribution >= 0.6 is 0 Å². The van der Waals surface area contributed by atoms with Gasteiger partial charge in [0.2, 0.25) is 0 Å². The first kappa shape index (κ1) is 34.6. The molecule has 0 fully saturated rings. The Hall–Kier alpha value is -8.20. The highest BCUT2D eigenvalue weighted by Gasteiger charge is 2.21. The van der Waals surface area contributed by atoms with Crippen molar-refractivity contribution in [2.24, 2.45) is 0 Å². The van der Waals surface area contributed by atoms with Crippen molar-refractivity contribution in [2.75, 3.05) is 0 Å². The molecule has 0 bridgehead atoms. The number of para-hydroxylation sites is 2. The highest BCUT2D eigenvalue weighted by atomic mass is 16.3. The van der Waals surface area contributed by atoms with Crippen molar-refractivity contribution >= 4 is 76.2 Å². The lowest BCUT2D eigenvalue weighted by atomic mass is 9.82. The average molecular weight is 789 g/mol. The van der Waals surface area contributed by atoms with E-state index in [1.165, 1.54) is 65.7 Å². The summed E-state index contributed by atoms with van der Waals surface area (Å²) in [4.78, 5) is 0. The number of rotatable bonds is 5. The van der Waals surface area contributed by atoms with Crippen LogP contribution in [-0.4, -0.2) is 0 Å². The van der Waals surface area contributed by atoms with Crippen molar-refractivity contribution in [3.63, 3.8) is 0 Å². The summed E-state index contributed by atoms with van der Waals surface area (Å²) in [6.45, 7) is 0. The van der Waals surface area contributed by atoms with Crippen LogP contribution in [0.1, 0.15) is 0 Å². The Morgan fingerprint density at radius 3 is 1.26 bits per heavy atom. The molecule has 13 rings (SSSR count). The standard InChI is InChI=1S/C60H36O2/c1-2-11-37(12-3-1)38-21-23-40(24-22-38)59-49-29-25-42(44-28-32-58-52(34-44)47-17-7-9-20-56(47)62-58)36-54(49)60(48-18-10-14-39-13-4-5-15-45(39)48)50-30-26-41(35-53(50)59)43-27-31-57-51(33-43)46-16-6-8-19-55(46)61-57/h1-36H. The summed E-state index contributed by atoms with van der Waals surface area (Å²) in [7, 11) is 0. The van der Waals surface area contributed by atoms with E-state index < -0.39 is 0 Å². The topological polar surface area (TPSA) is 26.3 Å². The second-order valence-electron chi connectivity index (χ2n) is 16.4. The van der Waals surface area contributed by atoms with Crippen LogP contribution in [0.25, 0.3) is 132 Å². The van der Waals surface area contributed by atoms with Crippen molar-refractivity contribution in [2.45, 2.75) is 0 Å². The summed E-state index contributed by atoms with van der Waals surface area (Å²) >= 11 is 0. The first-order valence-electron chi connectivity index (χ1n) is 21.2. The van der Waals surface area contributed by atoms with Gasteiger partial charge in [-0.3, -0.25) is 0 Å². The largest absolute Gasteiger partial charge is 0.456 e. The molecule has 2 heteroatoms. The smallest absolute Gasteiger partial charge is 0.135 e. The fourth-order valence-electron chi connectivity index (χ4n) is 9.90.